The molecule has 6 heteroatoms. The van der Waals surface area contributed by atoms with Crippen LogP contribution in [0.5, 0.6) is 0 Å². The standard InChI is InChI=1S/C14H18N4O2/c1-14(2,3)20-10-12(19)17-11-6-4-7-15-13(11)18-9-5-8-16-18/h4-9H,10H2,1-3H3,(H,17,19). The Morgan fingerprint density at radius 2 is 2.15 bits per heavy atom. The molecule has 6 nitrogen and oxygen atoms in total. The first-order valence-electron chi connectivity index (χ1n) is 6.34. The van der Waals surface area contributed by atoms with Crippen LogP contribution in [0.1, 0.15) is 20.8 Å². The van der Waals surface area contributed by atoms with Crippen molar-refractivity contribution >= 4 is 11.6 Å². The summed E-state index contributed by atoms with van der Waals surface area (Å²) in [4.78, 5) is 16.1. The summed E-state index contributed by atoms with van der Waals surface area (Å²) in [6.45, 7) is 5.70. The van der Waals surface area contributed by atoms with Crippen LogP contribution < -0.4 is 5.32 Å². The van der Waals surface area contributed by atoms with Gasteiger partial charge >= 0.3 is 0 Å². The highest BCUT2D eigenvalue weighted by molar-refractivity contribution is 5.93. The maximum absolute atomic E-state index is 11.9. The lowest BCUT2D eigenvalue weighted by molar-refractivity contribution is -0.125. The number of nitrogens with one attached hydrogen (secondary N) is 1. The normalized spacial score (nSPS) is 11.3. The molecule has 1 N–H and O–H groups in total. The van der Waals surface area contributed by atoms with Crippen LogP contribution >= 0.6 is 0 Å². The minimum absolute atomic E-state index is 0.00303. The van der Waals surface area contributed by atoms with Gasteiger partial charge in [-0.2, -0.15) is 5.10 Å². The van der Waals surface area contributed by atoms with Gasteiger partial charge in [-0.1, -0.05) is 0 Å². The van der Waals surface area contributed by atoms with Gasteiger partial charge in [-0.3, -0.25) is 4.79 Å². The minimum atomic E-state index is -0.350. The van der Waals surface area contributed by atoms with Gasteiger partial charge in [-0.05, 0) is 39.0 Å². The topological polar surface area (TPSA) is 69.0 Å². The Morgan fingerprint density at radius 3 is 2.80 bits per heavy atom. The zero-order valence-electron chi connectivity index (χ0n) is 11.8. The Hall–Kier alpha value is -2.21. The number of rotatable bonds is 4. The lowest BCUT2D eigenvalue weighted by Gasteiger charge is -2.19. The van der Waals surface area contributed by atoms with Gasteiger partial charge in [0.2, 0.25) is 5.91 Å². The maximum atomic E-state index is 11.9. The molecule has 1 amide bonds. The van der Waals surface area contributed by atoms with Crippen molar-refractivity contribution in [2.24, 2.45) is 0 Å². The van der Waals surface area contributed by atoms with Crippen LogP contribution in [0.15, 0.2) is 36.8 Å². The summed E-state index contributed by atoms with van der Waals surface area (Å²) in [5.41, 5.74) is 0.246. The van der Waals surface area contributed by atoms with Crippen LogP contribution in [0.4, 0.5) is 5.69 Å². The van der Waals surface area contributed by atoms with Crippen molar-refractivity contribution in [2.75, 3.05) is 11.9 Å². The molecule has 0 fully saturated rings. The molecule has 106 valence electrons. The molecule has 0 radical (unpaired) electrons. The molecule has 0 aromatic carbocycles. The number of carbonyl (C=O) groups is 1. The largest absolute Gasteiger partial charge is 0.366 e. The van der Waals surface area contributed by atoms with Crippen molar-refractivity contribution in [3.05, 3.63) is 36.8 Å². The molecular formula is C14H18N4O2. The number of carbonyl (C=O) groups excluding carboxylic acids is 1. The predicted octanol–water partition coefficient (Wildman–Crippen LogP) is 2.02. The minimum Gasteiger partial charge on any atom is -0.366 e. The summed E-state index contributed by atoms with van der Waals surface area (Å²) in [6, 6.07) is 5.33. The molecule has 0 spiro atoms. The Kier molecular flexibility index (Phi) is 4.14. The average molecular weight is 274 g/mol. The summed E-state index contributed by atoms with van der Waals surface area (Å²) in [5.74, 6) is 0.350. The monoisotopic (exact) mass is 274 g/mol. The quantitative estimate of drug-likeness (QED) is 0.926. The predicted molar refractivity (Wildman–Crippen MR) is 75.7 cm³/mol. The molecule has 0 aliphatic heterocycles. The zero-order valence-corrected chi connectivity index (χ0v) is 11.8. The number of hydrogen-bond acceptors (Lipinski definition) is 4. The van der Waals surface area contributed by atoms with Gasteiger partial charge in [-0.15, -0.1) is 0 Å². The summed E-state index contributed by atoms with van der Waals surface area (Å²) >= 11 is 0. The van der Waals surface area contributed by atoms with Gasteiger partial charge in [0, 0.05) is 18.6 Å². The lowest BCUT2D eigenvalue weighted by Crippen LogP contribution is -2.27. The molecule has 20 heavy (non-hydrogen) atoms. The first kappa shape index (κ1) is 14.2. The van der Waals surface area contributed by atoms with Crippen LogP contribution in [0, 0.1) is 0 Å². The molecule has 0 aliphatic carbocycles. The van der Waals surface area contributed by atoms with Gasteiger partial charge in [0.1, 0.15) is 6.61 Å². The Bertz CT molecular complexity index is 573. The molecule has 2 aromatic heterocycles. The van der Waals surface area contributed by atoms with Crippen molar-refractivity contribution in [2.45, 2.75) is 26.4 Å². The van der Waals surface area contributed by atoms with E-state index in [1.165, 1.54) is 0 Å². The van der Waals surface area contributed by atoms with Crippen LogP contribution in [0.2, 0.25) is 0 Å². The maximum Gasteiger partial charge on any atom is 0.250 e. The van der Waals surface area contributed by atoms with E-state index in [0.29, 0.717) is 11.5 Å². The fourth-order valence-electron chi connectivity index (χ4n) is 1.54. The van der Waals surface area contributed by atoms with Crippen molar-refractivity contribution in [1.29, 1.82) is 0 Å². The van der Waals surface area contributed by atoms with Crippen molar-refractivity contribution in [3.8, 4) is 5.82 Å². The van der Waals surface area contributed by atoms with Crippen LogP contribution in [0.25, 0.3) is 5.82 Å². The van der Waals surface area contributed by atoms with E-state index in [4.69, 9.17) is 4.74 Å². The molecule has 2 heterocycles. The molecule has 0 atom stereocenters. The molecule has 0 aliphatic rings. The second-order valence-corrected chi connectivity index (χ2v) is 5.27. The Labute approximate surface area is 117 Å². The summed E-state index contributed by atoms with van der Waals surface area (Å²) in [7, 11) is 0. The molecule has 2 rings (SSSR count). The van der Waals surface area contributed by atoms with Crippen LogP contribution in [-0.4, -0.2) is 32.9 Å². The van der Waals surface area contributed by atoms with Crippen LogP contribution in [-0.2, 0) is 9.53 Å². The Balaban J connectivity index is 2.08. The third-order valence-electron chi connectivity index (χ3n) is 2.42. The van der Waals surface area contributed by atoms with Crippen molar-refractivity contribution < 1.29 is 9.53 Å². The number of aromatic nitrogens is 3. The highest BCUT2D eigenvalue weighted by Gasteiger charge is 2.14. The molecule has 0 saturated heterocycles. The van der Waals surface area contributed by atoms with Crippen LogP contribution in [0.3, 0.4) is 0 Å². The van der Waals surface area contributed by atoms with E-state index in [0.717, 1.165) is 0 Å². The van der Waals surface area contributed by atoms with E-state index < -0.39 is 0 Å². The number of nitrogens with zero attached hydrogens (tertiary/aromatic N) is 3. The summed E-state index contributed by atoms with van der Waals surface area (Å²) in [5, 5.41) is 6.90. The SMILES string of the molecule is CC(C)(C)OCC(=O)Nc1cccnc1-n1cccn1. The van der Waals surface area contributed by atoms with E-state index in [1.54, 1.807) is 41.5 Å². The van der Waals surface area contributed by atoms with E-state index in [9.17, 15) is 4.79 Å². The second kappa shape index (κ2) is 5.83. The number of ether oxygens (including phenoxy) is 1. The third-order valence-corrected chi connectivity index (χ3v) is 2.42. The van der Waals surface area contributed by atoms with Gasteiger partial charge in [0.05, 0.1) is 11.3 Å². The molecule has 0 saturated carbocycles. The van der Waals surface area contributed by atoms with Crippen molar-refractivity contribution in [1.82, 2.24) is 14.8 Å². The highest BCUT2D eigenvalue weighted by atomic mass is 16.5. The molecule has 0 bridgehead atoms. The number of amides is 1. The first-order chi connectivity index (χ1) is 9.46. The van der Waals surface area contributed by atoms with E-state index in [1.807, 2.05) is 20.8 Å². The number of hydrogen-bond donors (Lipinski definition) is 1. The zero-order chi connectivity index (χ0) is 14.6. The fraction of sp³-hybridized carbons (Fsp3) is 0.357. The second-order valence-electron chi connectivity index (χ2n) is 5.27. The summed E-state index contributed by atoms with van der Waals surface area (Å²) in [6.07, 6.45) is 5.07. The average Bonchev–Trinajstić information content (AvgIpc) is 2.90. The van der Waals surface area contributed by atoms with E-state index in [-0.39, 0.29) is 18.1 Å². The van der Waals surface area contributed by atoms with Crippen molar-refractivity contribution in [3.63, 3.8) is 0 Å². The number of pyridine rings is 1. The van der Waals surface area contributed by atoms with Gasteiger partial charge in [0.15, 0.2) is 5.82 Å². The molecule has 0 unspecified atom stereocenters. The van der Waals surface area contributed by atoms with Gasteiger partial charge < -0.3 is 10.1 Å². The highest BCUT2D eigenvalue weighted by Crippen LogP contribution is 2.16. The van der Waals surface area contributed by atoms with E-state index >= 15 is 0 Å². The van der Waals surface area contributed by atoms with Gasteiger partial charge in [-0.25, -0.2) is 9.67 Å². The molecule has 2 aromatic rings. The summed E-state index contributed by atoms with van der Waals surface area (Å²) < 4.78 is 7.04. The fourth-order valence-corrected chi connectivity index (χ4v) is 1.54. The van der Waals surface area contributed by atoms with Gasteiger partial charge in [0.25, 0.3) is 0 Å². The smallest absolute Gasteiger partial charge is 0.250 e. The number of anilines is 1. The first-order valence-corrected chi connectivity index (χ1v) is 6.34. The Morgan fingerprint density at radius 1 is 1.35 bits per heavy atom. The molecular weight excluding hydrogens is 256 g/mol. The third kappa shape index (κ3) is 3.89. The lowest BCUT2D eigenvalue weighted by atomic mass is 10.2. The van der Waals surface area contributed by atoms with E-state index in [2.05, 4.69) is 15.4 Å².